The molecule has 4 nitrogen and oxygen atoms in total. The average Bonchev–Trinajstić information content (AvgIpc) is 2.61. The molecule has 0 fully saturated rings. The maximum Gasteiger partial charge on any atom is 0.392 e. The van der Waals surface area contributed by atoms with Crippen molar-refractivity contribution in [2.24, 2.45) is 0 Å². The molecule has 0 radical (unpaired) electrons. The van der Waals surface area contributed by atoms with Crippen molar-refractivity contribution in [3.05, 3.63) is 40.9 Å². The number of carbonyl (C=O) groups is 1. The van der Waals surface area contributed by atoms with Gasteiger partial charge in [-0.1, -0.05) is 29.8 Å². The summed E-state index contributed by atoms with van der Waals surface area (Å²) in [6, 6.07) is 7.07. The third kappa shape index (κ3) is 1.79. The molecule has 1 heterocycles. The monoisotopic (exact) mass is 237 g/mol. The third-order valence-corrected chi connectivity index (χ3v) is 2.44. The maximum absolute atomic E-state index is 10.7. The minimum atomic E-state index is -1.19. The van der Waals surface area contributed by atoms with Gasteiger partial charge in [-0.15, -0.1) is 0 Å². The lowest BCUT2D eigenvalue weighted by atomic mass is 10.1. The molecule has 1 aromatic carbocycles. The van der Waals surface area contributed by atoms with E-state index in [1.165, 1.54) is 0 Å². The van der Waals surface area contributed by atoms with Gasteiger partial charge in [-0.3, -0.25) is 0 Å². The number of aryl methyl sites for hydroxylation is 1. The van der Waals surface area contributed by atoms with Crippen LogP contribution in [0.3, 0.4) is 0 Å². The average molecular weight is 238 g/mol. The second kappa shape index (κ2) is 3.98. The molecule has 0 saturated carbocycles. The number of aromatic carboxylic acids is 1. The summed E-state index contributed by atoms with van der Waals surface area (Å²) in [5, 5.41) is 9.26. The summed E-state index contributed by atoms with van der Waals surface area (Å²) in [6.45, 7) is 1.65. The number of aromatic nitrogens is 1. The van der Waals surface area contributed by atoms with Crippen LogP contribution in [0.15, 0.2) is 28.7 Å². The van der Waals surface area contributed by atoms with Gasteiger partial charge >= 0.3 is 11.9 Å². The van der Waals surface area contributed by atoms with E-state index in [1.54, 1.807) is 31.2 Å². The first-order valence-electron chi connectivity index (χ1n) is 4.55. The van der Waals surface area contributed by atoms with E-state index < -0.39 is 5.97 Å². The van der Waals surface area contributed by atoms with Gasteiger partial charge in [0.2, 0.25) is 0 Å². The lowest BCUT2D eigenvalue weighted by molar-refractivity contribution is 0.0652. The lowest BCUT2D eigenvalue weighted by Gasteiger charge is -1.99. The molecule has 1 N–H and O–H groups in total. The molecule has 0 spiro atoms. The molecule has 82 valence electrons. The largest absolute Gasteiger partial charge is 0.474 e. The van der Waals surface area contributed by atoms with Crippen molar-refractivity contribution >= 4 is 17.6 Å². The minimum Gasteiger partial charge on any atom is -0.474 e. The second-order valence-electron chi connectivity index (χ2n) is 3.21. The summed E-state index contributed by atoms with van der Waals surface area (Å²) in [5.74, 6) is -1.08. The summed E-state index contributed by atoms with van der Waals surface area (Å²) in [5.41, 5.74) is 1.13. The van der Waals surface area contributed by atoms with Crippen molar-refractivity contribution in [1.29, 1.82) is 0 Å². The Hall–Kier alpha value is -1.81. The van der Waals surface area contributed by atoms with Crippen LogP contribution < -0.4 is 0 Å². The Morgan fingerprint density at radius 3 is 2.69 bits per heavy atom. The van der Waals surface area contributed by atoms with E-state index in [2.05, 4.69) is 4.98 Å². The predicted molar refractivity (Wildman–Crippen MR) is 58.6 cm³/mol. The number of hydrogen-bond donors (Lipinski definition) is 1. The Morgan fingerprint density at radius 2 is 2.12 bits per heavy atom. The molecule has 0 aliphatic heterocycles. The highest BCUT2D eigenvalue weighted by Gasteiger charge is 2.17. The number of hydrogen-bond acceptors (Lipinski definition) is 3. The number of nitrogens with zero attached hydrogens (tertiary/aromatic N) is 1. The fraction of sp³-hybridized carbons (Fsp3) is 0.0909. The lowest BCUT2D eigenvalue weighted by Crippen LogP contribution is -1.95. The molecule has 2 rings (SSSR count). The summed E-state index contributed by atoms with van der Waals surface area (Å²) < 4.78 is 5.02. The first kappa shape index (κ1) is 10.7. The highest BCUT2D eigenvalue weighted by Crippen LogP contribution is 2.29. The van der Waals surface area contributed by atoms with Crippen molar-refractivity contribution < 1.29 is 14.3 Å². The Morgan fingerprint density at radius 1 is 1.44 bits per heavy atom. The van der Waals surface area contributed by atoms with Crippen molar-refractivity contribution in [1.82, 2.24) is 4.98 Å². The quantitative estimate of drug-likeness (QED) is 0.872. The van der Waals surface area contributed by atoms with Gasteiger partial charge in [0.25, 0.3) is 0 Å². The van der Waals surface area contributed by atoms with E-state index in [4.69, 9.17) is 21.1 Å². The van der Waals surface area contributed by atoms with Gasteiger partial charge in [-0.05, 0) is 13.0 Å². The first-order valence-corrected chi connectivity index (χ1v) is 4.93. The van der Waals surface area contributed by atoms with Crippen molar-refractivity contribution in [2.45, 2.75) is 6.92 Å². The molecule has 2 aromatic rings. The smallest absolute Gasteiger partial charge is 0.392 e. The van der Waals surface area contributed by atoms with Crippen molar-refractivity contribution in [3.8, 4) is 11.3 Å². The zero-order valence-electron chi connectivity index (χ0n) is 8.40. The Balaban J connectivity index is 2.57. The van der Waals surface area contributed by atoms with E-state index in [1.807, 2.05) is 0 Å². The van der Waals surface area contributed by atoms with Crippen LogP contribution in [0.4, 0.5) is 0 Å². The van der Waals surface area contributed by atoms with Crippen LogP contribution in [0.25, 0.3) is 11.3 Å². The fourth-order valence-corrected chi connectivity index (χ4v) is 1.62. The second-order valence-corrected chi connectivity index (χ2v) is 3.62. The topological polar surface area (TPSA) is 63.3 Å². The van der Waals surface area contributed by atoms with Crippen LogP contribution in [-0.4, -0.2) is 16.1 Å². The molecule has 0 atom stereocenters. The molecule has 0 aliphatic rings. The minimum absolute atomic E-state index is 0.326. The van der Waals surface area contributed by atoms with Gasteiger partial charge in [-0.25, -0.2) is 9.78 Å². The summed E-state index contributed by atoms with van der Waals surface area (Å²) in [4.78, 5) is 14.6. The predicted octanol–water partition coefficient (Wildman–Crippen LogP) is 3.00. The highest BCUT2D eigenvalue weighted by molar-refractivity contribution is 6.33. The summed E-state index contributed by atoms with van der Waals surface area (Å²) in [6.07, 6.45) is 0. The number of oxazole rings is 1. The van der Waals surface area contributed by atoms with E-state index in [0.717, 1.165) is 0 Å². The molecule has 0 saturated heterocycles. The zero-order chi connectivity index (χ0) is 11.7. The summed E-state index contributed by atoms with van der Waals surface area (Å²) >= 11 is 5.99. The van der Waals surface area contributed by atoms with Crippen molar-refractivity contribution in [3.63, 3.8) is 0 Å². The van der Waals surface area contributed by atoms with Gasteiger partial charge in [0.15, 0.2) is 0 Å². The highest BCUT2D eigenvalue weighted by atomic mass is 35.5. The van der Waals surface area contributed by atoms with Crippen LogP contribution in [0.1, 0.15) is 16.4 Å². The maximum atomic E-state index is 10.7. The zero-order valence-corrected chi connectivity index (χ0v) is 9.15. The van der Waals surface area contributed by atoms with E-state index in [-0.39, 0.29) is 5.89 Å². The van der Waals surface area contributed by atoms with Gasteiger partial charge in [0, 0.05) is 5.56 Å². The van der Waals surface area contributed by atoms with Gasteiger partial charge < -0.3 is 9.52 Å². The normalized spacial score (nSPS) is 10.4. The number of carboxylic acids is 1. The Labute approximate surface area is 96.5 Å². The molecule has 5 heteroatoms. The summed E-state index contributed by atoms with van der Waals surface area (Å²) in [7, 11) is 0. The number of benzene rings is 1. The number of halogens is 1. The van der Waals surface area contributed by atoms with Gasteiger partial charge in [0.1, 0.15) is 11.5 Å². The number of rotatable bonds is 2. The van der Waals surface area contributed by atoms with E-state index in [0.29, 0.717) is 22.0 Å². The first-order chi connectivity index (χ1) is 7.59. The van der Waals surface area contributed by atoms with Crippen LogP contribution in [0.5, 0.6) is 0 Å². The Bertz CT molecular complexity index is 548. The van der Waals surface area contributed by atoms with E-state index >= 15 is 0 Å². The number of carboxylic acid groups (broad SMARTS) is 1. The molecule has 0 aliphatic carbocycles. The van der Waals surface area contributed by atoms with Crippen LogP contribution in [-0.2, 0) is 0 Å². The molecule has 1 aromatic heterocycles. The van der Waals surface area contributed by atoms with E-state index in [9.17, 15) is 4.79 Å². The van der Waals surface area contributed by atoms with Gasteiger partial charge in [-0.2, -0.15) is 0 Å². The molecule has 0 amide bonds. The standard InChI is InChI=1S/C11H8ClNO3/c1-6-9(13-10(16-6)11(14)15)7-4-2-3-5-8(7)12/h2-5H,1H3,(H,14,15). The molecule has 16 heavy (non-hydrogen) atoms. The Kier molecular flexibility index (Phi) is 2.66. The van der Waals surface area contributed by atoms with Crippen LogP contribution >= 0.6 is 11.6 Å². The van der Waals surface area contributed by atoms with Crippen LogP contribution in [0, 0.1) is 6.92 Å². The van der Waals surface area contributed by atoms with Crippen LogP contribution in [0.2, 0.25) is 5.02 Å². The fourth-order valence-electron chi connectivity index (χ4n) is 1.39. The molecule has 0 unspecified atom stereocenters. The SMILES string of the molecule is Cc1oc(C(=O)O)nc1-c1ccccc1Cl. The molecular weight excluding hydrogens is 230 g/mol. The van der Waals surface area contributed by atoms with Gasteiger partial charge in [0.05, 0.1) is 5.02 Å². The molecule has 0 bridgehead atoms. The molecular formula is C11H8ClNO3. The third-order valence-electron chi connectivity index (χ3n) is 2.11. The van der Waals surface area contributed by atoms with Crippen molar-refractivity contribution in [2.75, 3.05) is 0 Å².